The highest BCUT2D eigenvalue weighted by molar-refractivity contribution is 5.79. The Balaban J connectivity index is 1.59. The van der Waals surface area contributed by atoms with Crippen molar-refractivity contribution < 1.29 is 29.0 Å². The maximum Gasteiger partial charge on any atom is 0.421 e. The number of carboxylic acid groups (broad SMARTS) is 1. The lowest BCUT2D eigenvalue weighted by molar-refractivity contribution is -0.156. The molecule has 8 heteroatoms. The summed E-state index contributed by atoms with van der Waals surface area (Å²) in [6.45, 7) is 4.84. The number of hydrazine groups is 1. The van der Waals surface area contributed by atoms with Gasteiger partial charge in [-0.15, -0.1) is 0 Å². The Labute approximate surface area is 187 Å². The first-order valence-corrected chi connectivity index (χ1v) is 10.4. The van der Waals surface area contributed by atoms with Gasteiger partial charge >= 0.3 is 18.0 Å². The maximum atomic E-state index is 12.4. The highest BCUT2D eigenvalue weighted by atomic mass is 16.6. The minimum Gasteiger partial charge on any atom is -0.480 e. The zero-order valence-corrected chi connectivity index (χ0v) is 18.5. The van der Waals surface area contributed by atoms with Gasteiger partial charge in [-0.25, -0.2) is 9.80 Å². The van der Waals surface area contributed by atoms with Gasteiger partial charge in [-0.1, -0.05) is 48.5 Å². The summed E-state index contributed by atoms with van der Waals surface area (Å²) >= 11 is 0. The van der Waals surface area contributed by atoms with E-state index in [2.05, 4.69) is 5.43 Å². The smallest absolute Gasteiger partial charge is 0.421 e. The number of esters is 1. The second-order valence-electron chi connectivity index (χ2n) is 8.59. The number of ether oxygens (including phenoxy) is 2. The van der Waals surface area contributed by atoms with Crippen LogP contribution in [0.4, 0.5) is 4.79 Å². The minimum absolute atomic E-state index is 0.0224. The molecule has 0 fully saturated rings. The Morgan fingerprint density at radius 2 is 1.56 bits per heavy atom. The van der Waals surface area contributed by atoms with Crippen molar-refractivity contribution in [1.82, 2.24) is 10.4 Å². The van der Waals surface area contributed by atoms with Crippen LogP contribution in [-0.2, 0) is 19.1 Å². The van der Waals surface area contributed by atoms with Crippen molar-refractivity contribution in [3.8, 4) is 11.1 Å². The first kappa shape index (κ1) is 23.3. The molecule has 0 unspecified atom stereocenters. The average Bonchev–Trinajstić information content (AvgIpc) is 3.03. The monoisotopic (exact) mass is 440 g/mol. The molecule has 2 aromatic rings. The third-order valence-corrected chi connectivity index (χ3v) is 4.93. The summed E-state index contributed by atoms with van der Waals surface area (Å²) in [6, 6.07) is 15.9. The van der Waals surface area contributed by atoms with Gasteiger partial charge < -0.3 is 14.6 Å². The first-order valence-electron chi connectivity index (χ1n) is 10.4. The van der Waals surface area contributed by atoms with E-state index in [0.717, 1.165) is 27.3 Å². The average molecular weight is 440 g/mol. The molecule has 2 N–H and O–H groups in total. The van der Waals surface area contributed by atoms with Gasteiger partial charge in [0.25, 0.3) is 0 Å². The molecule has 0 aliphatic heterocycles. The third kappa shape index (κ3) is 6.07. The van der Waals surface area contributed by atoms with E-state index < -0.39 is 30.2 Å². The zero-order chi connectivity index (χ0) is 23.3. The number of rotatable bonds is 8. The Morgan fingerprint density at radius 1 is 1.00 bits per heavy atom. The van der Waals surface area contributed by atoms with Crippen LogP contribution in [0.2, 0.25) is 0 Å². The number of fused-ring (bicyclic) bond motifs is 3. The molecule has 0 saturated heterocycles. The Kier molecular flexibility index (Phi) is 7.15. The van der Waals surface area contributed by atoms with Crippen molar-refractivity contribution in [1.29, 1.82) is 0 Å². The van der Waals surface area contributed by atoms with E-state index in [0.29, 0.717) is 0 Å². The molecule has 0 spiro atoms. The van der Waals surface area contributed by atoms with Crippen molar-refractivity contribution in [3.63, 3.8) is 0 Å². The number of carbonyl (C=O) groups excluding carboxylic acids is 2. The van der Waals surface area contributed by atoms with E-state index in [4.69, 9.17) is 14.6 Å². The van der Waals surface area contributed by atoms with Crippen molar-refractivity contribution in [2.24, 2.45) is 0 Å². The normalized spacial score (nSPS) is 12.8. The van der Waals surface area contributed by atoms with Crippen LogP contribution in [0.1, 0.15) is 44.2 Å². The van der Waals surface area contributed by atoms with E-state index in [1.165, 1.54) is 0 Å². The molecule has 1 aliphatic carbocycles. The molecule has 2 aromatic carbocycles. The summed E-state index contributed by atoms with van der Waals surface area (Å²) in [6.07, 6.45) is -0.855. The van der Waals surface area contributed by atoms with E-state index in [1.54, 1.807) is 20.8 Å². The molecule has 0 radical (unpaired) electrons. The maximum absolute atomic E-state index is 12.4. The van der Waals surface area contributed by atoms with Crippen LogP contribution < -0.4 is 5.43 Å². The van der Waals surface area contributed by atoms with E-state index >= 15 is 0 Å². The van der Waals surface area contributed by atoms with Gasteiger partial charge in [0.05, 0.1) is 6.42 Å². The highest BCUT2D eigenvalue weighted by Crippen LogP contribution is 2.44. The minimum atomic E-state index is -1.15. The summed E-state index contributed by atoms with van der Waals surface area (Å²) in [5.41, 5.74) is 6.16. The molecule has 0 saturated carbocycles. The standard InChI is InChI=1S/C24H28N2O6/c1-24(2,3)32-22(29)12-13-26(14-21(27)28)25-23(30)31-15-20-18-10-6-4-8-16(18)17-9-5-7-11-19(17)20/h4-11,20H,12-15H2,1-3H3,(H,25,30)(H,27,28). The van der Waals surface area contributed by atoms with E-state index in [-0.39, 0.29) is 25.5 Å². The number of aliphatic carboxylic acids is 1. The Hall–Kier alpha value is -3.39. The van der Waals surface area contributed by atoms with Crippen LogP contribution in [0, 0.1) is 0 Å². The number of amides is 1. The van der Waals surface area contributed by atoms with Gasteiger partial charge in [-0.2, -0.15) is 0 Å². The van der Waals surface area contributed by atoms with Crippen molar-refractivity contribution in [2.75, 3.05) is 19.7 Å². The largest absolute Gasteiger partial charge is 0.480 e. The Morgan fingerprint density at radius 3 is 2.09 bits per heavy atom. The summed E-state index contributed by atoms with van der Waals surface area (Å²) < 4.78 is 10.7. The molecular weight excluding hydrogens is 412 g/mol. The quantitative estimate of drug-likeness (QED) is 0.478. The predicted octanol–water partition coefficient (Wildman–Crippen LogP) is 3.56. The van der Waals surface area contributed by atoms with Crippen molar-refractivity contribution >= 4 is 18.0 Å². The van der Waals surface area contributed by atoms with Gasteiger partial charge in [0, 0.05) is 12.5 Å². The number of carbonyl (C=O) groups is 3. The lowest BCUT2D eigenvalue weighted by atomic mass is 9.98. The fourth-order valence-electron chi connectivity index (χ4n) is 3.72. The SMILES string of the molecule is CC(C)(C)OC(=O)CCN(CC(=O)O)NC(=O)OCC1c2ccccc2-c2ccccc21. The molecule has 8 nitrogen and oxygen atoms in total. The fraction of sp³-hybridized carbons (Fsp3) is 0.375. The number of carboxylic acids is 1. The fourth-order valence-corrected chi connectivity index (χ4v) is 3.72. The number of hydrogen-bond acceptors (Lipinski definition) is 6. The van der Waals surface area contributed by atoms with Crippen LogP contribution in [0.25, 0.3) is 11.1 Å². The van der Waals surface area contributed by atoms with Crippen LogP contribution in [0.3, 0.4) is 0 Å². The summed E-state index contributed by atoms with van der Waals surface area (Å²) in [5.74, 6) is -1.74. The molecule has 1 aliphatic rings. The second-order valence-corrected chi connectivity index (χ2v) is 8.59. The number of nitrogens with one attached hydrogen (secondary N) is 1. The summed E-state index contributed by atoms with van der Waals surface area (Å²) in [5, 5.41) is 10.2. The third-order valence-electron chi connectivity index (χ3n) is 4.93. The Bertz CT molecular complexity index is 952. The first-order chi connectivity index (χ1) is 15.1. The second kappa shape index (κ2) is 9.82. The van der Waals surface area contributed by atoms with Gasteiger partial charge in [0.1, 0.15) is 18.8 Å². The van der Waals surface area contributed by atoms with Crippen molar-refractivity contribution in [3.05, 3.63) is 59.7 Å². The highest BCUT2D eigenvalue weighted by Gasteiger charge is 2.29. The number of benzene rings is 2. The molecule has 3 rings (SSSR count). The van der Waals surface area contributed by atoms with Crippen LogP contribution in [-0.4, -0.2) is 53.4 Å². The van der Waals surface area contributed by atoms with Crippen LogP contribution >= 0.6 is 0 Å². The van der Waals surface area contributed by atoms with Crippen LogP contribution in [0.5, 0.6) is 0 Å². The summed E-state index contributed by atoms with van der Waals surface area (Å²) in [4.78, 5) is 35.5. The number of hydrogen-bond donors (Lipinski definition) is 2. The van der Waals surface area contributed by atoms with Crippen molar-refractivity contribution in [2.45, 2.75) is 38.7 Å². The molecule has 0 bridgehead atoms. The van der Waals surface area contributed by atoms with Gasteiger partial charge in [0.15, 0.2) is 0 Å². The van der Waals surface area contributed by atoms with Crippen LogP contribution in [0.15, 0.2) is 48.5 Å². The lowest BCUT2D eigenvalue weighted by Gasteiger charge is -2.23. The molecule has 1 amide bonds. The molecule has 0 aromatic heterocycles. The van der Waals surface area contributed by atoms with Gasteiger partial charge in [-0.05, 0) is 43.0 Å². The molecule has 0 atom stereocenters. The lowest BCUT2D eigenvalue weighted by Crippen LogP contribution is -2.46. The zero-order valence-electron chi connectivity index (χ0n) is 18.5. The van der Waals surface area contributed by atoms with E-state index in [1.807, 2.05) is 48.5 Å². The molecule has 170 valence electrons. The number of nitrogens with zero attached hydrogens (tertiary/aromatic N) is 1. The summed E-state index contributed by atoms with van der Waals surface area (Å²) in [7, 11) is 0. The molecule has 0 heterocycles. The molecule has 32 heavy (non-hydrogen) atoms. The van der Waals surface area contributed by atoms with E-state index in [9.17, 15) is 14.4 Å². The topological polar surface area (TPSA) is 105 Å². The van der Waals surface area contributed by atoms with Gasteiger partial charge in [0.2, 0.25) is 0 Å². The predicted molar refractivity (Wildman–Crippen MR) is 118 cm³/mol. The molecular formula is C24H28N2O6. The van der Waals surface area contributed by atoms with Gasteiger partial charge in [-0.3, -0.25) is 15.0 Å².